The van der Waals surface area contributed by atoms with Crippen molar-refractivity contribution in [1.29, 1.82) is 0 Å². The van der Waals surface area contributed by atoms with Crippen LogP contribution in [0.5, 0.6) is 0 Å². The maximum absolute atomic E-state index is 10.3. The lowest BCUT2D eigenvalue weighted by Crippen LogP contribution is -2.50. The van der Waals surface area contributed by atoms with Crippen molar-refractivity contribution in [2.24, 2.45) is 46.3 Å². The van der Waals surface area contributed by atoms with E-state index in [1.54, 1.807) is 5.57 Å². The van der Waals surface area contributed by atoms with Crippen molar-refractivity contribution >= 4 is 0 Å². The lowest BCUT2D eigenvalue weighted by atomic mass is 9.47. The molecule has 0 bridgehead atoms. The largest absolute Gasteiger partial charge is 0.393 e. The normalized spacial score (nSPS) is 44.1. The molecule has 1 N–H and O–H groups in total. The van der Waals surface area contributed by atoms with Gasteiger partial charge >= 0.3 is 0 Å². The molecule has 4 rings (SSSR count). The van der Waals surface area contributed by atoms with Crippen molar-refractivity contribution in [1.82, 2.24) is 0 Å². The number of allylic oxidation sites excluding steroid dienone is 1. The molecule has 32 heavy (non-hydrogen) atoms. The molecule has 3 saturated carbocycles. The average Bonchev–Trinajstić information content (AvgIpc) is 3.12. The van der Waals surface area contributed by atoms with Crippen molar-refractivity contribution in [3.63, 3.8) is 0 Å². The van der Waals surface area contributed by atoms with Crippen molar-refractivity contribution in [2.75, 3.05) is 7.11 Å². The van der Waals surface area contributed by atoms with Crippen LogP contribution in [0.15, 0.2) is 24.3 Å². The van der Waals surface area contributed by atoms with Crippen LogP contribution in [0.4, 0.5) is 0 Å². The van der Waals surface area contributed by atoms with E-state index < -0.39 is 0 Å². The minimum atomic E-state index is -0.185. The van der Waals surface area contributed by atoms with Gasteiger partial charge in [-0.3, -0.25) is 0 Å². The van der Waals surface area contributed by atoms with Gasteiger partial charge < -0.3 is 9.84 Å². The molecule has 0 heterocycles. The Morgan fingerprint density at radius 1 is 1.16 bits per heavy atom. The summed E-state index contributed by atoms with van der Waals surface area (Å²) in [6.45, 7) is 16.4. The van der Waals surface area contributed by atoms with E-state index in [9.17, 15) is 5.11 Å². The quantitative estimate of drug-likeness (QED) is 0.412. The minimum absolute atomic E-state index is 0.0999. The smallest absolute Gasteiger partial charge is 0.0878 e. The third-order valence-electron chi connectivity index (χ3n) is 11.5. The van der Waals surface area contributed by atoms with Crippen LogP contribution in [-0.2, 0) is 4.74 Å². The fourth-order valence-electron chi connectivity index (χ4n) is 9.32. The van der Waals surface area contributed by atoms with Crippen LogP contribution in [0, 0.1) is 46.3 Å². The first-order valence-corrected chi connectivity index (χ1v) is 13.7. The number of ether oxygens (including phenoxy) is 1. The summed E-state index contributed by atoms with van der Waals surface area (Å²) in [6.07, 6.45) is 16.9. The maximum atomic E-state index is 10.3. The monoisotopic (exact) mass is 442 g/mol. The van der Waals surface area contributed by atoms with Crippen LogP contribution in [0.25, 0.3) is 0 Å². The first-order chi connectivity index (χ1) is 15.1. The molecule has 0 aromatic heterocycles. The maximum Gasteiger partial charge on any atom is 0.0878 e. The molecule has 4 aliphatic rings. The van der Waals surface area contributed by atoms with Gasteiger partial charge in [-0.25, -0.2) is 0 Å². The Hall–Kier alpha value is -0.600. The van der Waals surface area contributed by atoms with Gasteiger partial charge in [0.05, 0.1) is 11.7 Å². The summed E-state index contributed by atoms with van der Waals surface area (Å²) < 4.78 is 5.99. The van der Waals surface area contributed by atoms with E-state index in [0.717, 1.165) is 48.9 Å². The Bertz CT molecular complexity index is 724. The standard InChI is InChI=1S/C30H50O2/c1-8-30(32-7,20(2)3)18-13-21(4)25-11-12-26-24-10-9-22-19-23(31)14-16-28(22,5)27(24)15-17-29(25,26)6/h8-9,20-21,23-27,31H,1,10-19H2,2-7H3. The number of rotatable bonds is 7. The molecule has 0 spiro atoms. The van der Waals surface area contributed by atoms with Crippen LogP contribution in [0.3, 0.4) is 0 Å². The fourth-order valence-corrected chi connectivity index (χ4v) is 9.32. The summed E-state index contributed by atoms with van der Waals surface area (Å²) in [5.41, 5.74) is 2.26. The molecule has 0 saturated heterocycles. The van der Waals surface area contributed by atoms with Crippen molar-refractivity contribution in [2.45, 2.75) is 111 Å². The van der Waals surface area contributed by atoms with Gasteiger partial charge in [0.15, 0.2) is 0 Å². The van der Waals surface area contributed by atoms with Gasteiger partial charge in [0, 0.05) is 7.11 Å². The van der Waals surface area contributed by atoms with Gasteiger partial charge in [0.1, 0.15) is 0 Å². The summed E-state index contributed by atoms with van der Waals surface area (Å²) >= 11 is 0. The molecule has 4 aliphatic carbocycles. The minimum Gasteiger partial charge on any atom is -0.393 e. The zero-order valence-electron chi connectivity index (χ0n) is 21.8. The fraction of sp³-hybridized carbons (Fsp3) is 0.867. The first kappa shape index (κ1) is 24.5. The molecule has 0 aromatic rings. The predicted octanol–water partition coefficient (Wildman–Crippen LogP) is 7.57. The van der Waals surface area contributed by atoms with E-state index in [2.05, 4.69) is 53.3 Å². The summed E-state index contributed by atoms with van der Waals surface area (Å²) in [4.78, 5) is 0. The molecule has 0 radical (unpaired) electrons. The van der Waals surface area contributed by atoms with Gasteiger partial charge in [-0.1, -0.05) is 52.3 Å². The Morgan fingerprint density at radius 2 is 1.91 bits per heavy atom. The topological polar surface area (TPSA) is 29.5 Å². The molecule has 0 aromatic carbocycles. The highest BCUT2D eigenvalue weighted by Gasteiger charge is 2.59. The lowest BCUT2D eigenvalue weighted by Gasteiger charge is -2.58. The second kappa shape index (κ2) is 8.88. The molecule has 0 amide bonds. The summed E-state index contributed by atoms with van der Waals surface area (Å²) in [5.74, 6) is 4.61. The number of fused-ring (bicyclic) bond motifs is 5. The molecule has 0 aliphatic heterocycles. The number of hydrogen-bond donors (Lipinski definition) is 1. The molecule has 9 unspecified atom stereocenters. The van der Waals surface area contributed by atoms with Crippen LogP contribution >= 0.6 is 0 Å². The van der Waals surface area contributed by atoms with E-state index >= 15 is 0 Å². The number of methoxy groups -OCH3 is 1. The van der Waals surface area contributed by atoms with Crippen LogP contribution in [-0.4, -0.2) is 23.9 Å². The number of aliphatic hydroxyl groups excluding tert-OH is 1. The lowest BCUT2D eigenvalue weighted by molar-refractivity contribution is -0.0606. The SMILES string of the molecule is C=CC(CCC(C)C1CCC2C3CC=C4CC(O)CCC4(C)C3CCC12C)(OC)C(C)C. The van der Waals surface area contributed by atoms with E-state index in [-0.39, 0.29) is 11.7 Å². The van der Waals surface area contributed by atoms with Crippen molar-refractivity contribution in [3.05, 3.63) is 24.3 Å². The van der Waals surface area contributed by atoms with Crippen LogP contribution < -0.4 is 0 Å². The highest BCUT2D eigenvalue weighted by Crippen LogP contribution is 2.67. The third kappa shape index (κ3) is 3.76. The predicted molar refractivity (Wildman–Crippen MR) is 134 cm³/mol. The average molecular weight is 443 g/mol. The van der Waals surface area contributed by atoms with Crippen LogP contribution in [0.2, 0.25) is 0 Å². The molecule has 9 atom stereocenters. The zero-order valence-corrected chi connectivity index (χ0v) is 21.8. The number of hydrogen-bond acceptors (Lipinski definition) is 2. The molecule has 2 nitrogen and oxygen atoms in total. The van der Waals surface area contributed by atoms with Crippen LogP contribution in [0.1, 0.15) is 98.8 Å². The highest BCUT2D eigenvalue weighted by molar-refractivity contribution is 5.25. The Balaban J connectivity index is 1.49. The first-order valence-electron chi connectivity index (χ1n) is 13.7. The molecular formula is C30H50O2. The van der Waals surface area contributed by atoms with Gasteiger partial charge in [0.2, 0.25) is 0 Å². The van der Waals surface area contributed by atoms with E-state index in [0.29, 0.717) is 16.7 Å². The van der Waals surface area contributed by atoms with E-state index in [1.165, 1.54) is 44.9 Å². The Kier molecular flexibility index (Phi) is 6.80. The Labute approximate surface area is 198 Å². The van der Waals surface area contributed by atoms with Gasteiger partial charge in [0.25, 0.3) is 0 Å². The van der Waals surface area contributed by atoms with Crippen molar-refractivity contribution in [3.8, 4) is 0 Å². The van der Waals surface area contributed by atoms with Crippen molar-refractivity contribution < 1.29 is 9.84 Å². The molecule has 182 valence electrons. The summed E-state index contributed by atoms with van der Waals surface area (Å²) in [6, 6.07) is 0. The molecule has 2 heteroatoms. The summed E-state index contributed by atoms with van der Waals surface area (Å²) in [7, 11) is 1.86. The molecule has 3 fully saturated rings. The van der Waals surface area contributed by atoms with E-state index in [4.69, 9.17) is 4.74 Å². The zero-order chi connectivity index (χ0) is 23.3. The van der Waals surface area contributed by atoms with Gasteiger partial charge in [-0.05, 0) is 111 Å². The van der Waals surface area contributed by atoms with Gasteiger partial charge in [-0.2, -0.15) is 0 Å². The van der Waals surface area contributed by atoms with E-state index in [1.807, 2.05) is 7.11 Å². The van der Waals surface area contributed by atoms with Gasteiger partial charge in [-0.15, -0.1) is 6.58 Å². The summed E-state index contributed by atoms with van der Waals surface area (Å²) in [5, 5.41) is 10.3. The Morgan fingerprint density at radius 3 is 2.56 bits per heavy atom. The molecular weight excluding hydrogens is 392 g/mol. The third-order valence-corrected chi connectivity index (χ3v) is 11.5. The highest BCUT2D eigenvalue weighted by atomic mass is 16.5. The second-order valence-electron chi connectivity index (χ2n) is 12.9. The second-order valence-corrected chi connectivity index (χ2v) is 12.9. The number of aliphatic hydroxyl groups is 1.